The molecule has 0 bridgehead atoms. The van der Waals surface area contributed by atoms with Crippen molar-refractivity contribution in [1.29, 1.82) is 0 Å². The Kier molecular flexibility index (Phi) is 7.86. The van der Waals surface area contributed by atoms with Crippen molar-refractivity contribution >= 4 is 85.7 Å². The van der Waals surface area contributed by atoms with E-state index in [2.05, 4.69) is 30.4 Å². The Balaban J connectivity index is 1.43. The fourth-order valence-electron chi connectivity index (χ4n) is 4.83. The summed E-state index contributed by atoms with van der Waals surface area (Å²) >= 11 is 0. The number of nitrogens with zero attached hydrogens (tertiary/aromatic N) is 5. The topological polar surface area (TPSA) is 279 Å². The van der Waals surface area contributed by atoms with Crippen molar-refractivity contribution in [3.63, 3.8) is 0 Å². The summed E-state index contributed by atoms with van der Waals surface area (Å²) < 4.78 is 100. The summed E-state index contributed by atoms with van der Waals surface area (Å²) in [7, 11) is -14.3. The number of pyridine rings is 2. The number of hydrogen-bond acceptors (Lipinski definition) is 13. The molecular formula is C28H18N6O11S3. The van der Waals surface area contributed by atoms with Crippen molar-refractivity contribution in [2.24, 2.45) is 20.5 Å². The molecule has 0 saturated heterocycles. The Hall–Kier alpha value is -5.51. The standard InChI is InChI=1S/C28H18N6O11S3/c35-27-19-13-15(46(37,38)39)6-7-20(19)30-28(36)26(27)34-32-21-8-9-22(25-17(21)4-2-10-29-25)33-31-14-11-18-16(24(12-14)48(43,44)45)3-1-5-23(18)47(40,41)42/h1-13H,(H2,30,35,36)(H,37,38,39)(H,40,41,42)(H,43,44,45)/b33-31+,34-32+. The highest BCUT2D eigenvalue weighted by Crippen LogP contribution is 2.38. The summed E-state index contributed by atoms with van der Waals surface area (Å²) in [5, 5.41) is 26.6. The molecule has 4 aromatic carbocycles. The van der Waals surface area contributed by atoms with Gasteiger partial charge in [-0.05, 0) is 60.7 Å². The third-order valence-corrected chi connectivity index (χ3v) is 9.60. The lowest BCUT2D eigenvalue weighted by molar-refractivity contribution is 0.479. The molecule has 6 aromatic rings. The van der Waals surface area contributed by atoms with Gasteiger partial charge in [-0.2, -0.15) is 30.4 Å². The molecule has 0 radical (unpaired) electrons. The number of rotatable bonds is 7. The van der Waals surface area contributed by atoms with E-state index in [9.17, 15) is 48.8 Å². The molecule has 17 nitrogen and oxygen atoms in total. The van der Waals surface area contributed by atoms with Gasteiger partial charge in [0.1, 0.15) is 15.5 Å². The van der Waals surface area contributed by atoms with Gasteiger partial charge in [0.25, 0.3) is 35.9 Å². The molecule has 20 heteroatoms. The molecule has 0 aliphatic rings. The number of aromatic nitrogens is 2. The number of hydrogen-bond donors (Lipinski definition) is 5. The van der Waals surface area contributed by atoms with Crippen LogP contribution in [0.25, 0.3) is 32.6 Å². The maximum atomic E-state index is 12.7. The fourth-order valence-corrected chi connectivity index (χ4v) is 6.76. The van der Waals surface area contributed by atoms with E-state index < -0.39 is 62.0 Å². The molecule has 0 fully saturated rings. The van der Waals surface area contributed by atoms with Crippen molar-refractivity contribution in [3.8, 4) is 5.75 Å². The molecule has 6 rings (SSSR count). The Bertz CT molecular complexity index is 2800. The van der Waals surface area contributed by atoms with E-state index in [0.717, 1.165) is 30.3 Å². The lowest BCUT2D eigenvalue weighted by atomic mass is 10.1. The Labute approximate surface area is 269 Å². The van der Waals surface area contributed by atoms with Crippen LogP contribution in [0.2, 0.25) is 0 Å². The van der Waals surface area contributed by atoms with Gasteiger partial charge in [0.15, 0.2) is 11.4 Å². The summed E-state index contributed by atoms with van der Waals surface area (Å²) in [5.41, 5.74) is -1.11. The second-order valence-electron chi connectivity index (χ2n) is 9.98. The molecular weight excluding hydrogens is 693 g/mol. The summed E-state index contributed by atoms with van der Waals surface area (Å²) in [4.78, 5) is 17.5. The predicted octanol–water partition coefficient (Wildman–Crippen LogP) is 5.51. The van der Waals surface area contributed by atoms with Crippen LogP contribution in [-0.4, -0.2) is 54.0 Å². The number of benzene rings is 4. The van der Waals surface area contributed by atoms with Crippen LogP contribution in [0.3, 0.4) is 0 Å². The molecule has 0 atom stereocenters. The molecule has 244 valence electrons. The maximum absolute atomic E-state index is 12.7. The van der Waals surface area contributed by atoms with Gasteiger partial charge in [-0.1, -0.05) is 12.1 Å². The summed E-state index contributed by atoms with van der Waals surface area (Å²) in [5.74, 6) is -0.701. The third kappa shape index (κ3) is 6.13. The van der Waals surface area contributed by atoms with E-state index in [1.807, 2.05) is 0 Å². The van der Waals surface area contributed by atoms with E-state index in [-0.39, 0.29) is 44.3 Å². The second-order valence-corrected chi connectivity index (χ2v) is 14.2. The zero-order valence-electron chi connectivity index (χ0n) is 23.6. The summed E-state index contributed by atoms with van der Waals surface area (Å²) in [6, 6.07) is 14.7. The van der Waals surface area contributed by atoms with Gasteiger partial charge in [0.05, 0.1) is 27.3 Å². The van der Waals surface area contributed by atoms with Gasteiger partial charge in [0.2, 0.25) is 0 Å². The van der Waals surface area contributed by atoms with Crippen LogP contribution in [-0.2, 0) is 30.4 Å². The fraction of sp³-hybridized carbons (Fsp3) is 0. The van der Waals surface area contributed by atoms with Crippen LogP contribution in [0.1, 0.15) is 0 Å². The number of aromatic hydroxyl groups is 1. The van der Waals surface area contributed by atoms with E-state index in [1.165, 1.54) is 36.5 Å². The average molecular weight is 711 g/mol. The molecule has 0 amide bonds. The van der Waals surface area contributed by atoms with Crippen molar-refractivity contribution in [2.75, 3.05) is 0 Å². The summed E-state index contributed by atoms with van der Waals surface area (Å²) in [6.45, 7) is 0. The molecule has 0 spiro atoms. The highest BCUT2D eigenvalue weighted by molar-refractivity contribution is 7.86. The summed E-state index contributed by atoms with van der Waals surface area (Å²) in [6.07, 6.45) is 1.42. The first-order valence-electron chi connectivity index (χ1n) is 13.1. The number of nitrogens with one attached hydrogen (secondary N) is 1. The van der Waals surface area contributed by atoms with Crippen molar-refractivity contribution in [2.45, 2.75) is 14.7 Å². The second kappa shape index (κ2) is 11.6. The SMILES string of the molecule is O=c1[nH]c2ccc(S(=O)(=O)O)cc2c(O)c1/N=N/c1ccc(/N=N/c2cc(S(=O)(=O)O)c3cccc(S(=O)(=O)O)c3c2)c2ncccc12. The normalized spacial score (nSPS) is 13.0. The first-order chi connectivity index (χ1) is 22.5. The van der Waals surface area contributed by atoms with E-state index in [0.29, 0.717) is 5.39 Å². The van der Waals surface area contributed by atoms with Crippen molar-refractivity contribution < 1.29 is 44.0 Å². The quantitative estimate of drug-likeness (QED) is 0.101. The number of aromatic amines is 1. The highest BCUT2D eigenvalue weighted by atomic mass is 32.2. The first-order valence-corrected chi connectivity index (χ1v) is 17.4. The molecule has 48 heavy (non-hydrogen) atoms. The smallest absolute Gasteiger partial charge is 0.295 e. The number of azo groups is 2. The van der Waals surface area contributed by atoms with Gasteiger partial charge >= 0.3 is 0 Å². The van der Waals surface area contributed by atoms with E-state index in [4.69, 9.17) is 0 Å². The lowest BCUT2D eigenvalue weighted by Gasteiger charge is -2.09. The van der Waals surface area contributed by atoms with Gasteiger partial charge in [-0.3, -0.25) is 23.4 Å². The van der Waals surface area contributed by atoms with Crippen molar-refractivity contribution in [3.05, 3.63) is 89.3 Å². The molecule has 0 unspecified atom stereocenters. The third-order valence-electron chi connectivity index (χ3n) is 6.95. The minimum Gasteiger partial charge on any atom is -0.505 e. The Morgan fingerprint density at radius 3 is 2.02 bits per heavy atom. The minimum absolute atomic E-state index is 0.0672. The van der Waals surface area contributed by atoms with Crippen LogP contribution < -0.4 is 5.56 Å². The Morgan fingerprint density at radius 2 is 1.31 bits per heavy atom. The molecule has 0 aliphatic heterocycles. The van der Waals surface area contributed by atoms with Crippen molar-refractivity contribution in [1.82, 2.24) is 9.97 Å². The zero-order chi connectivity index (χ0) is 34.6. The van der Waals surface area contributed by atoms with Gasteiger partial charge < -0.3 is 10.1 Å². The van der Waals surface area contributed by atoms with Crippen LogP contribution in [0.5, 0.6) is 5.75 Å². The van der Waals surface area contributed by atoms with E-state index in [1.54, 1.807) is 12.1 Å². The molecule has 5 N–H and O–H groups in total. The molecule has 2 aromatic heterocycles. The monoisotopic (exact) mass is 710 g/mol. The van der Waals surface area contributed by atoms with Gasteiger partial charge in [-0.15, -0.1) is 15.3 Å². The minimum atomic E-state index is -4.89. The van der Waals surface area contributed by atoms with Crippen LogP contribution in [0.15, 0.2) is 119 Å². The van der Waals surface area contributed by atoms with Crippen LogP contribution in [0.4, 0.5) is 22.7 Å². The lowest BCUT2D eigenvalue weighted by Crippen LogP contribution is -2.06. The number of fused-ring (bicyclic) bond motifs is 3. The van der Waals surface area contributed by atoms with Crippen LogP contribution in [0, 0.1) is 0 Å². The maximum Gasteiger partial charge on any atom is 0.295 e. The van der Waals surface area contributed by atoms with E-state index >= 15 is 0 Å². The average Bonchev–Trinajstić information content (AvgIpc) is 3.01. The molecule has 2 heterocycles. The molecule has 0 saturated carbocycles. The van der Waals surface area contributed by atoms with Gasteiger partial charge in [-0.25, -0.2) is 0 Å². The number of H-pyrrole nitrogens is 1. The van der Waals surface area contributed by atoms with Gasteiger partial charge in [0, 0.05) is 27.7 Å². The molecule has 0 aliphatic carbocycles. The Morgan fingerprint density at radius 1 is 0.625 bits per heavy atom. The zero-order valence-corrected chi connectivity index (χ0v) is 26.1. The highest BCUT2D eigenvalue weighted by Gasteiger charge is 2.22. The predicted molar refractivity (Wildman–Crippen MR) is 170 cm³/mol. The van der Waals surface area contributed by atoms with Crippen LogP contribution >= 0.6 is 0 Å². The largest absolute Gasteiger partial charge is 0.505 e. The first kappa shape index (κ1) is 32.4.